The van der Waals surface area contributed by atoms with Crippen LogP contribution in [0.2, 0.25) is 0 Å². The fourth-order valence-electron chi connectivity index (χ4n) is 7.10. The first kappa shape index (κ1) is 29.3. The molecule has 2 bridgehead atoms. The van der Waals surface area contributed by atoms with Gasteiger partial charge in [0.25, 0.3) is 0 Å². The highest BCUT2D eigenvalue weighted by Crippen LogP contribution is 2.65. The van der Waals surface area contributed by atoms with Gasteiger partial charge in [-0.15, -0.1) is 0 Å². The summed E-state index contributed by atoms with van der Waals surface area (Å²) in [6.07, 6.45) is 2.78. The third-order valence-electron chi connectivity index (χ3n) is 8.89. The molecule has 0 aromatic heterocycles. The van der Waals surface area contributed by atoms with Crippen LogP contribution in [0.3, 0.4) is 0 Å². The number of hydrogen-bond donors (Lipinski definition) is 3. The molecule has 3 unspecified atom stereocenters. The van der Waals surface area contributed by atoms with Gasteiger partial charge in [0.15, 0.2) is 0 Å². The Morgan fingerprint density at radius 3 is 2.49 bits per heavy atom. The summed E-state index contributed by atoms with van der Waals surface area (Å²) in [5, 5.41) is 16.4. The monoisotopic (exact) mass is 543 g/mol. The van der Waals surface area contributed by atoms with Crippen molar-refractivity contribution in [2.45, 2.75) is 90.5 Å². The highest BCUT2D eigenvalue weighted by Gasteiger charge is 2.80. The van der Waals surface area contributed by atoms with Gasteiger partial charge >= 0.3 is 0 Å². The van der Waals surface area contributed by atoms with Crippen LogP contribution < -0.4 is 15.4 Å². The largest absolute Gasteiger partial charge is 0.494 e. The molecular weight excluding hydrogens is 498 g/mol. The summed E-state index contributed by atoms with van der Waals surface area (Å²) >= 11 is 0. The maximum Gasteiger partial charge on any atom is 0.245 e. The minimum atomic E-state index is -1.13. The Kier molecular flexibility index (Phi) is 8.61. The van der Waals surface area contributed by atoms with Crippen LogP contribution in [0.1, 0.15) is 67.2 Å². The molecule has 4 rings (SSSR count). The maximum atomic E-state index is 14.3. The number of aliphatic hydroxyl groups is 1. The number of anilines is 1. The van der Waals surface area contributed by atoms with Gasteiger partial charge in [-0.2, -0.15) is 0 Å². The molecule has 1 aromatic rings. The van der Waals surface area contributed by atoms with Gasteiger partial charge in [0.05, 0.1) is 36.7 Å². The fourth-order valence-corrected chi connectivity index (χ4v) is 7.10. The number of carbonyl (C=O) groups is 3. The van der Waals surface area contributed by atoms with E-state index in [0.29, 0.717) is 37.4 Å². The minimum absolute atomic E-state index is 0.0544. The van der Waals surface area contributed by atoms with E-state index in [-0.39, 0.29) is 36.2 Å². The molecule has 3 amide bonds. The Labute approximate surface area is 232 Å². The van der Waals surface area contributed by atoms with Crippen LogP contribution in [0.15, 0.2) is 24.3 Å². The van der Waals surface area contributed by atoms with Crippen molar-refractivity contribution in [3.8, 4) is 5.75 Å². The molecule has 0 radical (unpaired) electrons. The molecule has 3 aliphatic rings. The second kappa shape index (κ2) is 11.5. The van der Waals surface area contributed by atoms with Crippen LogP contribution in [0.25, 0.3) is 0 Å². The number of nitrogens with one attached hydrogen (secondary N) is 2. The van der Waals surface area contributed by atoms with Crippen molar-refractivity contribution in [1.29, 1.82) is 0 Å². The Hall–Kier alpha value is -2.65. The number of nitrogens with zero attached hydrogens (tertiary/aromatic N) is 1. The molecule has 3 aliphatic heterocycles. The topological polar surface area (TPSA) is 117 Å². The van der Waals surface area contributed by atoms with E-state index >= 15 is 0 Å². The lowest BCUT2D eigenvalue weighted by Gasteiger charge is -2.37. The van der Waals surface area contributed by atoms with Crippen molar-refractivity contribution in [3.05, 3.63) is 24.3 Å². The fraction of sp³-hybridized carbons (Fsp3) is 0.700. The average molecular weight is 544 g/mol. The van der Waals surface area contributed by atoms with E-state index in [1.54, 1.807) is 29.2 Å². The van der Waals surface area contributed by atoms with Crippen LogP contribution in [-0.4, -0.2) is 70.8 Å². The number of carbonyl (C=O) groups excluding carboxylic acids is 3. The summed E-state index contributed by atoms with van der Waals surface area (Å²) in [7, 11) is 0. The van der Waals surface area contributed by atoms with Gasteiger partial charge < -0.3 is 30.1 Å². The number of rotatable bonds is 12. The molecule has 3 heterocycles. The second-order valence-electron chi connectivity index (χ2n) is 12.0. The average Bonchev–Trinajstić information content (AvgIpc) is 3.40. The van der Waals surface area contributed by atoms with Crippen molar-refractivity contribution < 1.29 is 29.0 Å². The molecule has 1 aromatic carbocycles. The van der Waals surface area contributed by atoms with Crippen molar-refractivity contribution in [3.63, 3.8) is 0 Å². The zero-order valence-electron chi connectivity index (χ0n) is 24.2. The van der Waals surface area contributed by atoms with Gasteiger partial charge in [0, 0.05) is 12.2 Å². The van der Waals surface area contributed by atoms with Crippen molar-refractivity contribution in [2.24, 2.45) is 23.7 Å². The molecule has 9 heteroatoms. The molecular formula is C30H45N3O6. The molecule has 3 N–H and O–H groups in total. The number of aliphatic hydroxyl groups excluding tert-OH is 1. The normalized spacial score (nSPS) is 31.9. The highest BCUT2D eigenvalue weighted by atomic mass is 16.5. The van der Waals surface area contributed by atoms with Gasteiger partial charge in [-0.1, -0.05) is 34.1 Å². The number of hydrogen-bond acceptors (Lipinski definition) is 6. The molecule has 3 fully saturated rings. The van der Waals surface area contributed by atoms with Crippen molar-refractivity contribution in [2.75, 3.05) is 25.1 Å². The molecule has 9 nitrogen and oxygen atoms in total. The van der Waals surface area contributed by atoms with Gasteiger partial charge in [0.2, 0.25) is 17.7 Å². The lowest BCUT2D eigenvalue weighted by molar-refractivity contribution is -0.150. The standard InChI is InChI=1S/C30H45N3O6/c1-7-9-14-31-27(36)25-30-16-19(5)29(6,39-30)23(24(30)28(37)33(25)21(17-34)15-18(3)4)26(35)32-20-10-12-22(13-11-20)38-8-2/h10-13,18-19,21,23-25,34H,7-9,14-17H2,1-6H3,(H,31,36)(H,32,35)/t19?,21-,23-,24+,25?,29+,30?/m1/s1. The number of ether oxygens (including phenoxy) is 2. The second-order valence-corrected chi connectivity index (χ2v) is 12.0. The van der Waals surface area contributed by atoms with Crippen LogP contribution in [-0.2, 0) is 19.1 Å². The van der Waals surface area contributed by atoms with Crippen molar-refractivity contribution in [1.82, 2.24) is 10.2 Å². The summed E-state index contributed by atoms with van der Waals surface area (Å²) in [5.41, 5.74) is -1.44. The minimum Gasteiger partial charge on any atom is -0.494 e. The van der Waals surface area contributed by atoms with Gasteiger partial charge in [-0.3, -0.25) is 14.4 Å². The summed E-state index contributed by atoms with van der Waals surface area (Å²) in [5.74, 6) is -1.61. The maximum absolute atomic E-state index is 14.3. The lowest BCUT2D eigenvalue weighted by Crippen LogP contribution is -2.58. The lowest BCUT2D eigenvalue weighted by atomic mass is 9.62. The van der Waals surface area contributed by atoms with Crippen LogP contribution in [0.4, 0.5) is 5.69 Å². The zero-order chi connectivity index (χ0) is 28.5. The van der Waals surface area contributed by atoms with Crippen LogP contribution in [0, 0.1) is 23.7 Å². The first-order valence-electron chi connectivity index (χ1n) is 14.5. The van der Waals surface area contributed by atoms with Gasteiger partial charge in [-0.05, 0) is 69.2 Å². The first-order chi connectivity index (χ1) is 18.5. The van der Waals surface area contributed by atoms with E-state index in [1.807, 2.05) is 34.6 Å². The van der Waals surface area contributed by atoms with E-state index in [0.717, 1.165) is 12.8 Å². The number of fused-ring (bicyclic) bond motifs is 1. The Morgan fingerprint density at radius 2 is 1.90 bits per heavy atom. The predicted octanol–water partition coefficient (Wildman–Crippen LogP) is 3.36. The van der Waals surface area contributed by atoms with Gasteiger partial charge in [-0.25, -0.2) is 0 Å². The Bertz CT molecular complexity index is 1060. The smallest absolute Gasteiger partial charge is 0.245 e. The molecule has 1 spiro atoms. The van der Waals surface area contributed by atoms with E-state index in [2.05, 4.69) is 17.6 Å². The summed E-state index contributed by atoms with van der Waals surface area (Å²) in [4.78, 5) is 43.6. The number of likely N-dealkylation sites (tertiary alicyclic amines) is 1. The summed E-state index contributed by atoms with van der Waals surface area (Å²) in [6.45, 7) is 12.7. The molecule has 7 atom stereocenters. The summed E-state index contributed by atoms with van der Waals surface area (Å²) in [6, 6.07) is 5.68. The van der Waals surface area contributed by atoms with Crippen molar-refractivity contribution >= 4 is 23.4 Å². The quantitative estimate of drug-likeness (QED) is 0.348. The molecule has 0 aliphatic carbocycles. The van der Waals surface area contributed by atoms with E-state index in [9.17, 15) is 19.5 Å². The van der Waals surface area contributed by atoms with Crippen LogP contribution in [0.5, 0.6) is 5.75 Å². The highest BCUT2D eigenvalue weighted by molar-refractivity contribution is 6.02. The molecule has 3 saturated heterocycles. The molecule has 0 saturated carbocycles. The predicted molar refractivity (Wildman–Crippen MR) is 148 cm³/mol. The van der Waals surface area contributed by atoms with Gasteiger partial charge in [0.1, 0.15) is 17.4 Å². The number of unbranched alkanes of at least 4 members (excludes halogenated alkanes) is 1. The van der Waals surface area contributed by atoms with E-state index in [4.69, 9.17) is 9.47 Å². The zero-order valence-corrected chi connectivity index (χ0v) is 24.2. The molecule has 216 valence electrons. The van der Waals surface area contributed by atoms with Crippen LogP contribution >= 0.6 is 0 Å². The summed E-state index contributed by atoms with van der Waals surface area (Å²) < 4.78 is 12.3. The first-order valence-corrected chi connectivity index (χ1v) is 14.5. The molecule has 39 heavy (non-hydrogen) atoms. The van der Waals surface area contributed by atoms with E-state index < -0.39 is 35.1 Å². The SMILES string of the molecule is CCCCNC(=O)C1N([C@@H](CO)CC(C)C)C(=O)[C@@H]2[C@H](C(=O)Nc3ccc(OCC)cc3)[C@@]3(C)OC12CC3C. The third kappa shape index (κ3) is 5.04. The Morgan fingerprint density at radius 1 is 1.21 bits per heavy atom. The number of benzene rings is 1. The van der Waals surface area contributed by atoms with E-state index in [1.165, 1.54) is 0 Å². The Balaban J connectivity index is 1.71. The third-order valence-corrected chi connectivity index (χ3v) is 8.89. The number of amides is 3.